The number of benzene rings is 2. The van der Waals surface area contributed by atoms with Gasteiger partial charge in [0.05, 0.1) is 24.6 Å². The maximum Gasteiger partial charge on any atom is 0.243 e. The first-order valence-electron chi connectivity index (χ1n) is 10.8. The fourth-order valence-corrected chi connectivity index (χ4v) is 5.66. The van der Waals surface area contributed by atoms with Gasteiger partial charge in [-0.05, 0) is 60.7 Å². The number of nitrogens with zero attached hydrogens (tertiary/aromatic N) is 2. The van der Waals surface area contributed by atoms with Gasteiger partial charge < -0.3 is 9.64 Å². The van der Waals surface area contributed by atoms with Gasteiger partial charge in [0, 0.05) is 25.1 Å². The van der Waals surface area contributed by atoms with E-state index in [0.717, 1.165) is 25.9 Å². The summed E-state index contributed by atoms with van der Waals surface area (Å²) in [5.74, 6) is -0.699. The summed E-state index contributed by atoms with van der Waals surface area (Å²) in [5.41, 5.74) is 2.76. The van der Waals surface area contributed by atoms with Crippen LogP contribution in [0, 0.1) is 19.7 Å². The molecule has 1 heterocycles. The molecule has 9 heteroatoms. The standard InChI is InChI=1S/C25H29FN2O4S2/c1-19-4-10-23(11-5-19)34(30,31)28(13-14-32-3)18-25(29)27(17-24-20(2)12-15-33-24)16-21-6-8-22(26)9-7-21/h4-12,15H,13-14,16-18H2,1-3H3. The summed E-state index contributed by atoms with van der Waals surface area (Å²) in [5, 5.41) is 1.96. The van der Waals surface area contributed by atoms with Crippen LogP contribution in [0.3, 0.4) is 0 Å². The molecule has 0 N–H and O–H groups in total. The lowest BCUT2D eigenvalue weighted by atomic mass is 10.2. The number of halogens is 1. The molecular formula is C25H29FN2O4S2. The third kappa shape index (κ3) is 6.73. The molecule has 1 aromatic heterocycles. The Hall–Kier alpha value is -2.59. The number of sulfonamides is 1. The number of carbonyl (C=O) groups is 1. The van der Waals surface area contributed by atoms with Crippen LogP contribution in [0.5, 0.6) is 0 Å². The Balaban J connectivity index is 1.87. The summed E-state index contributed by atoms with van der Waals surface area (Å²) in [6, 6.07) is 14.5. The van der Waals surface area contributed by atoms with Crippen LogP contribution in [0.15, 0.2) is 64.9 Å². The van der Waals surface area contributed by atoms with E-state index in [1.54, 1.807) is 41.3 Å². The molecule has 0 radical (unpaired) electrons. The Morgan fingerprint density at radius 1 is 1.00 bits per heavy atom. The monoisotopic (exact) mass is 504 g/mol. The lowest BCUT2D eigenvalue weighted by molar-refractivity contribution is -0.132. The van der Waals surface area contributed by atoms with E-state index in [1.165, 1.54) is 30.6 Å². The molecular weight excluding hydrogens is 475 g/mol. The van der Waals surface area contributed by atoms with Gasteiger partial charge in [-0.15, -0.1) is 11.3 Å². The van der Waals surface area contributed by atoms with E-state index in [4.69, 9.17) is 4.74 Å². The van der Waals surface area contributed by atoms with Crippen LogP contribution >= 0.6 is 11.3 Å². The Morgan fingerprint density at radius 3 is 2.26 bits per heavy atom. The molecule has 1 amide bonds. The Kier molecular flexibility index (Phi) is 8.96. The number of aryl methyl sites for hydroxylation is 2. The second-order valence-electron chi connectivity index (χ2n) is 8.05. The largest absolute Gasteiger partial charge is 0.383 e. The van der Waals surface area contributed by atoms with Gasteiger partial charge in [0.1, 0.15) is 5.82 Å². The van der Waals surface area contributed by atoms with Crippen LogP contribution in [-0.2, 0) is 32.6 Å². The van der Waals surface area contributed by atoms with Crippen molar-refractivity contribution in [3.05, 3.63) is 87.4 Å². The molecule has 0 aliphatic carbocycles. The molecule has 3 aromatic rings. The van der Waals surface area contributed by atoms with E-state index in [1.807, 2.05) is 25.3 Å². The summed E-state index contributed by atoms with van der Waals surface area (Å²) in [6.07, 6.45) is 0. The van der Waals surface area contributed by atoms with Gasteiger partial charge in [-0.1, -0.05) is 29.8 Å². The number of methoxy groups -OCH3 is 1. The lowest BCUT2D eigenvalue weighted by Gasteiger charge is -2.27. The highest BCUT2D eigenvalue weighted by molar-refractivity contribution is 7.89. The van der Waals surface area contributed by atoms with Gasteiger partial charge in [-0.3, -0.25) is 4.79 Å². The summed E-state index contributed by atoms with van der Waals surface area (Å²) in [7, 11) is -2.42. The molecule has 0 saturated heterocycles. The molecule has 0 atom stereocenters. The van der Waals surface area contributed by atoms with Crippen molar-refractivity contribution >= 4 is 27.3 Å². The predicted molar refractivity (Wildman–Crippen MR) is 132 cm³/mol. The van der Waals surface area contributed by atoms with Crippen molar-refractivity contribution in [2.45, 2.75) is 31.8 Å². The minimum Gasteiger partial charge on any atom is -0.383 e. The number of hydrogen-bond donors (Lipinski definition) is 0. The molecule has 0 saturated carbocycles. The predicted octanol–water partition coefficient (Wildman–Crippen LogP) is 4.37. The second-order valence-corrected chi connectivity index (χ2v) is 11.0. The molecule has 0 unspecified atom stereocenters. The SMILES string of the molecule is COCCN(CC(=O)N(Cc1ccc(F)cc1)Cc1sccc1C)S(=O)(=O)c1ccc(C)cc1. The Bertz CT molecular complexity index is 1190. The average molecular weight is 505 g/mol. The van der Waals surface area contributed by atoms with Crippen molar-refractivity contribution in [2.75, 3.05) is 26.8 Å². The fourth-order valence-electron chi connectivity index (χ4n) is 3.37. The van der Waals surface area contributed by atoms with E-state index in [-0.39, 0.29) is 42.9 Å². The second kappa shape index (κ2) is 11.7. The summed E-state index contributed by atoms with van der Waals surface area (Å²) >= 11 is 1.54. The van der Waals surface area contributed by atoms with Crippen LogP contribution < -0.4 is 0 Å². The molecule has 0 aliphatic rings. The minimum atomic E-state index is -3.91. The van der Waals surface area contributed by atoms with Crippen LogP contribution in [0.25, 0.3) is 0 Å². The molecule has 2 aromatic carbocycles. The first-order valence-corrected chi connectivity index (χ1v) is 13.1. The molecule has 0 aliphatic heterocycles. The van der Waals surface area contributed by atoms with Gasteiger partial charge in [0.25, 0.3) is 0 Å². The topological polar surface area (TPSA) is 66.9 Å². The van der Waals surface area contributed by atoms with Crippen molar-refractivity contribution in [2.24, 2.45) is 0 Å². The molecule has 3 rings (SSSR count). The van der Waals surface area contributed by atoms with Gasteiger partial charge in [-0.2, -0.15) is 4.31 Å². The van der Waals surface area contributed by atoms with E-state index in [9.17, 15) is 17.6 Å². The van der Waals surface area contributed by atoms with Crippen molar-refractivity contribution < 1.29 is 22.3 Å². The van der Waals surface area contributed by atoms with Gasteiger partial charge in [0.15, 0.2) is 0 Å². The smallest absolute Gasteiger partial charge is 0.243 e. The maximum atomic E-state index is 13.5. The van der Waals surface area contributed by atoms with Crippen LogP contribution in [0.1, 0.15) is 21.6 Å². The van der Waals surface area contributed by atoms with Gasteiger partial charge >= 0.3 is 0 Å². The zero-order chi connectivity index (χ0) is 24.7. The third-order valence-electron chi connectivity index (χ3n) is 5.46. The van der Waals surface area contributed by atoms with Crippen LogP contribution in [0.4, 0.5) is 4.39 Å². The summed E-state index contributed by atoms with van der Waals surface area (Å²) in [4.78, 5) is 16.2. The molecule has 0 fully saturated rings. The first-order chi connectivity index (χ1) is 16.2. The van der Waals surface area contributed by atoms with E-state index in [2.05, 4.69) is 0 Å². The Labute approximate surface area is 204 Å². The first kappa shape index (κ1) is 26.0. The third-order valence-corrected chi connectivity index (χ3v) is 8.32. The van der Waals surface area contributed by atoms with Crippen LogP contribution in [-0.4, -0.2) is 50.3 Å². The van der Waals surface area contributed by atoms with Crippen molar-refractivity contribution in [1.82, 2.24) is 9.21 Å². The zero-order valence-corrected chi connectivity index (χ0v) is 21.2. The summed E-state index contributed by atoms with van der Waals surface area (Å²) < 4.78 is 46.3. The van der Waals surface area contributed by atoms with E-state index in [0.29, 0.717) is 6.54 Å². The highest BCUT2D eigenvalue weighted by Gasteiger charge is 2.28. The number of ether oxygens (including phenoxy) is 1. The highest BCUT2D eigenvalue weighted by atomic mass is 32.2. The molecule has 34 heavy (non-hydrogen) atoms. The number of carbonyl (C=O) groups excluding carboxylic acids is 1. The average Bonchev–Trinajstić information content (AvgIpc) is 3.22. The van der Waals surface area contributed by atoms with Gasteiger partial charge in [-0.25, -0.2) is 12.8 Å². The van der Waals surface area contributed by atoms with Crippen molar-refractivity contribution in [1.29, 1.82) is 0 Å². The molecule has 0 bridgehead atoms. The fraction of sp³-hybridized carbons (Fsp3) is 0.320. The normalized spacial score (nSPS) is 11.7. The highest BCUT2D eigenvalue weighted by Crippen LogP contribution is 2.21. The number of amides is 1. The quantitative estimate of drug-likeness (QED) is 0.389. The van der Waals surface area contributed by atoms with Crippen molar-refractivity contribution in [3.8, 4) is 0 Å². The molecule has 6 nitrogen and oxygen atoms in total. The number of hydrogen-bond acceptors (Lipinski definition) is 5. The molecule has 0 spiro atoms. The van der Waals surface area contributed by atoms with Gasteiger partial charge in [0.2, 0.25) is 15.9 Å². The lowest BCUT2D eigenvalue weighted by Crippen LogP contribution is -2.43. The van der Waals surface area contributed by atoms with E-state index >= 15 is 0 Å². The molecule has 182 valence electrons. The van der Waals surface area contributed by atoms with Crippen LogP contribution in [0.2, 0.25) is 0 Å². The minimum absolute atomic E-state index is 0.0425. The maximum absolute atomic E-state index is 13.5. The zero-order valence-electron chi connectivity index (χ0n) is 19.5. The van der Waals surface area contributed by atoms with Crippen molar-refractivity contribution in [3.63, 3.8) is 0 Å². The number of thiophene rings is 1. The summed E-state index contributed by atoms with van der Waals surface area (Å²) in [6.45, 7) is 4.29. The Morgan fingerprint density at radius 2 is 1.68 bits per heavy atom. The number of rotatable bonds is 11. The van der Waals surface area contributed by atoms with E-state index < -0.39 is 10.0 Å².